The second kappa shape index (κ2) is 23.1. The lowest BCUT2D eigenvalue weighted by Gasteiger charge is -2.37. The van der Waals surface area contributed by atoms with Crippen molar-refractivity contribution in [1.29, 1.82) is 0 Å². The van der Waals surface area contributed by atoms with E-state index in [-0.39, 0.29) is 82.3 Å². The molecule has 4 saturated heterocycles. The van der Waals surface area contributed by atoms with E-state index in [9.17, 15) is 14.4 Å². The van der Waals surface area contributed by atoms with Crippen molar-refractivity contribution < 1.29 is 28.6 Å². The molecule has 8 rings (SSSR count). The third kappa shape index (κ3) is 11.6. The quantitative estimate of drug-likeness (QED) is 0.0822. The van der Waals surface area contributed by atoms with Gasteiger partial charge in [0.05, 0.1) is 89.6 Å². The van der Waals surface area contributed by atoms with E-state index < -0.39 is 17.5 Å². The summed E-state index contributed by atoms with van der Waals surface area (Å²) in [5.41, 5.74) is 4.18. The van der Waals surface area contributed by atoms with Gasteiger partial charge in [-0.15, -0.1) is 23.5 Å². The van der Waals surface area contributed by atoms with Crippen LogP contribution in [-0.2, 0) is 41.4 Å². The molecule has 70 heavy (non-hydrogen) atoms. The Balaban J connectivity index is 0.846. The number of thiocarbonyl (C=S) groups is 2. The number of hydrogen-bond acceptors (Lipinski definition) is 13. The van der Waals surface area contributed by atoms with Crippen molar-refractivity contribution in [2.24, 2.45) is 10.8 Å². The molecule has 12 atom stereocenters. The highest BCUT2D eigenvalue weighted by atomic mass is 32.2. The van der Waals surface area contributed by atoms with E-state index in [0.717, 1.165) is 48.3 Å². The molecule has 0 radical (unpaired) electrons. The number of fused-ring (bicyclic) bond motifs is 4. The van der Waals surface area contributed by atoms with Gasteiger partial charge in [0, 0.05) is 19.4 Å². The van der Waals surface area contributed by atoms with Crippen molar-refractivity contribution in [2.75, 3.05) is 58.6 Å². The molecule has 2 aromatic carbocycles. The Morgan fingerprint density at radius 1 is 0.700 bits per heavy atom. The number of carbonyl (C=O) groups is 3. The number of nitrogens with zero attached hydrogens (tertiary/aromatic N) is 2. The smallest absolute Gasteiger partial charge is 0.246 e. The molecule has 384 valence electrons. The zero-order chi connectivity index (χ0) is 49.9. The summed E-state index contributed by atoms with van der Waals surface area (Å²) in [5, 5.41) is 20.4. The number of carbonyl (C=O) groups excluding carboxylic acids is 3. The number of hydrogen-bond donors (Lipinski definition) is 6. The molecule has 4 fully saturated rings. The topological polar surface area (TPSA) is 158 Å². The lowest BCUT2D eigenvalue weighted by molar-refractivity contribution is -0.143. The Morgan fingerprint density at radius 2 is 1.19 bits per heavy atom. The van der Waals surface area contributed by atoms with Crippen LogP contribution in [0.2, 0.25) is 0 Å². The van der Waals surface area contributed by atoms with Crippen LogP contribution < -0.4 is 31.9 Å². The number of likely N-dealkylation sites (N-methyl/N-ethyl adjacent to an activating group) is 2. The van der Waals surface area contributed by atoms with Crippen molar-refractivity contribution in [3.63, 3.8) is 0 Å². The van der Waals surface area contributed by atoms with Gasteiger partial charge in [-0.25, -0.2) is 0 Å². The second-order valence-corrected chi connectivity index (χ2v) is 24.7. The second-order valence-electron chi connectivity index (χ2n) is 21.3. The SMILES string of the molecule is CN[C@@H](C)C(=S)N[C@H]1CCS[C@H]2CC(C)(C)C(CN[C@H]3c4ccccc4C[C@H]3OCCOCCO[C@@H]3Cc4ccccc4[C@@H]3NC(=O)[C@H]3N4C(=O)[C@@H](NC(=S)[C@H](C)NC)CCS[C@H]4CC3(C)C)N2C1=O. The van der Waals surface area contributed by atoms with Gasteiger partial charge in [0.25, 0.3) is 0 Å². The largest absolute Gasteiger partial charge is 0.377 e. The molecule has 14 nitrogen and oxygen atoms in total. The average molecular weight is 1040 g/mol. The Labute approximate surface area is 435 Å². The van der Waals surface area contributed by atoms with E-state index >= 15 is 0 Å². The standard InChI is InChI=1S/C52H76N8O6S4/c1-30(53-7)47(67)56-36-17-23-69-41-27-51(3,4)40(59(41)49(36)62)29-55-43-34-15-11-9-13-32(34)25-38(43)65-21-19-64-20-22-66-39-26-33-14-10-12-16-35(33)44(39)58-46(61)45-52(5,6)28-42-60(45)50(63)37(18-24-70-42)57-48(68)31(2)54-8/h9-16,30-31,36-45,53-55H,17-29H2,1-8H3,(H,56,67)(H,57,68)(H,58,61)/t30-,31-,36-,37-,38+,39+,40?,41-,42-,43-,44-,45+/m0/s1. The number of ether oxygens (including phenoxy) is 3. The molecule has 4 aliphatic heterocycles. The lowest BCUT2D eigenvalue weighted by Crippen LogP contribution is -2.58. The molecular weight excluding hydrogens is 961 g/mol. The van der Waals surface area contributed by atoms with Crippen LogP contribution in [-0.4, -0.2) is 155 Å². The molecule has 4 heterocycles. The van der Waals surface area contributed by atoms with Gasteiger partial charge in [-0.1, -0.05) is 101 Å². The van der Waals surface area contributed by atoms with Crippen molar-refractivity contribution in [3.05, 3.63) is 70.8 Å². The van der Waals surface area contributed by atoms with Crippen molar-refractivity contribution in [2.45, 2.75) is 151 Å². The van der Waals surface area contributed by atoms with Gasteiger partial charge in [-0.3, -0.25) is 14.4 Å². The van der Waals surface area contributed by atoms with Crippen LogP contribution in [0.25, 0.3) is 0 Å². The van der Waals surface area contributed by atoms with Crippen molar-refractivity contribution in [3.8, 4) is 0 Å². The van der Waals surface area contributed by atoms with Gasteiger partial charge >= 0.3 is 0 Å². The minimum absolute atomic E-state index is 0.00415. The van der Waals surface area contributed by atoms with Crippen LogP contribution in [0.5, 0.6) is 0 Å². The monoisotopic (exact) mass is 1040 g/mol. The Bertz CT molecular complexity index is 2220. The summed E-state index contributed by atoms with van der Waals surface area (Å²) in [4.78, 5) is 48.5. The highest BCUT2D eigenvalue weighted by Gasteiger charge is 2.55. The normalized spacial score (nSPS) is 30.6. The Hall–Kier alpha value is -2.91. The van der Waals surface area contributed by atoms with E-state index in [0.29, 0.717) is 55.8 Å². The van der Waals surface area contributed by atoms with Gasteiger partial charge in [0.2, 0.25) is 17.7 Å². The fraction of sp³-hybridized carbons (Fsp3) is 0.673. The number of rotatable bonds is 19. The minimum atomic E-state index is -0.647. The summed E-state index contributed by atoms with van der Waals surface area (Å²) in [6.45, 7) is 14.9. The number of thioether (sulfide) groups is 2. The van der Waals surface area contributed by atoms with Crippen LogP contribution in [0.15, 0.2) is 48.5 Å². The van der Waals surface area contributed by atoms with Gasteiger partial charge in [0.15, 0.2) is 0 Å². The summed E-state index contributed by atoms with van der Waals surface area (Å²) < 4.78 is 19.3. The van der Waals surface area contributed by atoms with E-state index in [1.165, 1.54) is 11.1 Å². The molecule has 0 saturated carbocycles. The molecule has 2 aromatic rings. The van der Waals surface area contributed by atoms with Crippen LogP contribution >= 0.6 is 48.0 Å². The molecule has 0 spiro atoms. The summed E-state index contributed by atoms with van der Waals surface area (Å²) in [6, 6.07) is 14.8. The highest BCUT2D eigenvalue weighted by molar-refractivity contribution is 8.00. The summed E-state index contributed by atoms with van der Waals surface area (Å²) >= 11 is 15.0. The summed E-state index contributed by atoms with van der Waals surface area (Å²) in [6.07, 6.45) is 4.13. The fourth-order valence-electron chi connectivity index (χ4n) is 11.5. The van der Waals surface area contributed by atoms with E-state index in [1.54, 1.807) is 11.8 Å². The maximum atomic E-state index is 14.6. The summed E-state index contributed by atoms with van der Waals surface area (Å²) in [5.74, 6) is 1.60. The van der Waals surface area contributed by atoms with Gasteiger partial charge in [-0.05, 0) is 98.2 Å². The Morgan fingerprint density at radius 3 is 1.74 bits per heavy atom. The first kappa shape index (κ1) is 53.4. The Kier molecular flexibility index (Phi) is 17.6. The first-order valence-corrected chi connectivity index (χ1v) is 28.3. The maximum absolute atomic E-state index is 14.6. The molecule has 3 amide bonds. The predicted molar refractivity (Wildman–Crippen MR) is 288 cm³/mol. The first-order valence-electron chi connectivity index (χ1n) is 25.4. The van der Waals surface area contributed by atoms with Crippen LogP contribution in [0.4, 0.5) is 0 Å². The number of nitrogens with one attached hydrogen (secondary N) is 6. The van der Waals surface area contributed by atoms with Gasteiger partial charge < -0.3 is 55.9 Å². The highest BCUT2D eigenvalue weighted by Crippen LogP contribution is 2.48. The molecule has 1 unspecified atom stereocenters. The van der Waals surface area contributed by atoms with Crippen LogP contribution in [0, 0.1) is 10.8 Å². The molecule has 0 bridgehead atoms. The molecular formula is C52H76N8O6S4. The zero-order valence-corrected chi connectivity index (χ0v) is 45.5. The molecule has 6 aliphatic rings. The van der Waals surface area contributed by atoms with Gasteiger partial charge in [-0.2, -0.15) is 0 Å². The van der Waals surface area contributed by atoms with E-state index in [4.69, 9.17) is 38.6 Å². The molecule has 0 aromatic heterocycles. The van der Waals surface area contributed by atoms with E-state index in [2.05, 4.69) is 101 Å². The molecule has 2 aliphatic carbocycles. The average Bonchev–Trinajstić information content (AvgIpc) is 3.97. The number of benzene rings is 2. The van der Waals surface area contributed by atoms with Crippen LogP contribution in [0.1, 0.15) is 102 Å². The molecule has 18 heteroatoms. The third-order valence-corrected chi connectivity index (χ3v) is 19.1. The minimum Gasteiger partial charge on any atom is -0.377 e. The molecule has 6 N–H and O–H groups in total. The zero-order valence-electron chi connectivity index (χ0n) is 42.2. The number of amides is 3. The van der Waals surface area contributed by atoms with Crippen molar-refractivity contribution >= 4 is 75.7 Å². The van der Waals surface area contributed by atoms with Crippen LogP contribution in [0.3, 0.4) is 0 Å². The van der Waals surface area contributed by atoms with Crippen molar-refractivity contribution in [1.82, 2.24) is 41.7 Å². The third-order valence-electron chi connectivity index (χ3n) is 15.7. The summed E-state index contributed by atoms with van der Waals surface area (Å²) in [7, 11) is 3.73. The predicted octanol–water partition coefficient (Wildman–Crippen LogP) is 5.04. The lowest BCUT2D eigenvalue weighted by atomic mass is 9.83. The maximum Gasteiger partial charge on any atom is 0.246 e. The van der Waals surface area contributed by atoms with Gasteiger partial charge in [0.1, 0.15) is 18.1 Å². The van der Waals surface area contributed by atoms with E-state index in [1.807, 2.05) is 56.7 Å². The fourth-order valence-corrected chi connectivity index (χ4v) is 15.2. The first-order chi connectivity index (χ1) is 33.5.